The van der Waals surface area contributed by atoms with Crippen LogP contribution in [-0.2, 0) is 16.1 Å². The summed E-state index contributed by atoms with van der Waals surface area (Å²) in [6, 6.07) is 17.6. The molecule has 0 bridgehead atoms. The van der Waals surface area contributed by atoms with E-state index in [2.05, 4.69) is 20.9 Å². The number of amides is 1. The van der Waals surface area contributed by atoms with E-state index >= 15 is 0 Å². The van der Waals surface area contributed by atoms with Crippen molar-refractivity contribution in [3.63, 3.8) is 0 Å². The summed E-state index contributed by atoms with van der Waals surface area (Å²) < 4.78 is 11.6. The molecule has 10 heteroatoms. The van der Waals surface area contributed by atoms with Crippen molar-refractivity contribution in [2.75, 3.05) is 13.7 Å². The van der Waals surface area contributed by atoms with E-state index in [9.17, 15) is 9.59 Å². The summed E-state index contributed by atoms with van der Waals surface area (Å²) >= 11 is 17.0. The van der Waals surface area contributed by atoms with E-state index in [4.69, 9.17) is 32.7 Å². The summed E-state index contributed by atoms with van der Waals surface area (Å²) in [7, 11) is 1.68. The van der Waals surface area contributed by atoms with Gasteiger partial charge in [-0.15, -0.1) is 0 Å². The zero-order chi connectivity index (χ0) is 26.5. The van der Waals surface area contributed by atoms with E-state index in [1.807, 2.05) is 24.3 Å². The first kappa shape index (κ1) is 27.3. The molecule has 0 atom stereocenters. The molecular weight excluding hydrogens is 599 g/mol. The van der Waals surface area contributed by atoms with Gasteiger partial charge in [-0.25, -0.2) is 9.79 Å². The lowest BCUT2D eigenvalue weighted by atomic mass is 10.2. The van der Waals surface area contributed by atoms with Crippen molar-refractivity contribution in [2.24, 2.45) is 4.99 Å². The molecule has 1 saturated heterocycles. The number of halogens is 3. The number of carbonyl (C=O) groups is 2. The minimum atomic E-state index is -0.384. The monoisotopic (exact) mass is 618 g/mol. The molecular formula is C27H21BrCl2N2O4S. The summed E-state index contributed by atoms with van der Waals surface area (Å²) in [4.78, 5) is 31.3. The van der Waals surface area contributed by atoms with Crippen molar-refractivity contribution in [2.45, 2.75) is 13.5 Å². The molecule has 0 saturated carbocycles. The van der Waals surface area contributed by atoms with Gasteiger partial charge in [0.1, 0.15) is 12.4 Å². The van der Waals surface area contributed by atoms with E-state index in [-0.39, 0.29) is 18.5 Å². The highest BCUT2D eigenvalue weighted by Gasteiger charge is 2.30. The number of hydrogen-bond acceptors (Lipinski definition) is 6. The molecule has 3 aromatic rings. The van der Waals surface area contributed by atoms with E-state index in [1.54, 1.807) is 56.4 Å². The van der Waals surface area contributed by atoms with Crippen molar-refractivity contribution in [1.82, 2.24) is 4.90 Å². The average Bonchev–Trinajstić information content (AvgIpc) is 3.12. The van der Waals surface area contributed by atoms with Crippen LogP contribution in [0.1, 0.15) is 28.4 Å². The lowest BCUT2D eigenvalue weighted by Crippen LogP contribution is -2.23. The maximum atomic E-state index is 12.8. The van der Waals surface area contributed by atoms with Crippen LogP contribution < -0.4 is 4.74 Å². The van der Waals surface area contributed by atoms with Gasteiger partial charge in [0, 0.05) is 22.7 Å². The summed E-state index contributed by atoms with van der Waals surface area (Å²) in [5.74, 6) is 0.107. The van der Waals surface area contributed by atoms with Crippen LogP contribution in [0, 0.1) is 0 Å². The lowest BCUT2D eigenvalue weighted by Gasteiger charge is -2.10. The van der Waals surface area contributed by atoms with Gasteiger partial charge in [-0.05, 0) is 94.8 Å². The smallest absolute Gasteiger partial charge is 0.338 e. The van der Waals surface area contributed by atoms with Crippen LogP contribution in [0.4, 0.5) is 5.69 Å². The largest absolute Gasteiger partial charge is 0.488 e. The molecule has 0 unspecified atom stereocenters. The molecule has 1 aliphatic heterocycles. The number of thioether (sulfide) groups is 1. The Kier molecular flexibility index (Phi) is 8.97. The third-order valence-electron chi connectivity index (χ3n) is 5.26. The molecule has 0 aliphatic carbocycles. The van der Waals surface area contributed by atoms with Crippen LogP contribution in [0.15, 0.2) is 75.0 Å². The van der Waals surface area contributed by atoms with Crippen LogP contribution in [0.2, 0.25) is 10.0 Å². The summed E-state index contributed by atoms with van der Waals surface area (Å²) in [5.41, 5.74) is 2.72. The number of likely N-dealkylation sites (N-methyl/N-ethyl adjacent to an activating group) is 1. The molecule has 37 heavy (non-hydrogen) atoms. The first-order valence-electron chi connectivity index (χ1n) is 11.1. The predicted molar refractivity (Wildman–Crippen MR) is 153 cm³/mol. The summed E-state index contributed by atoms with van der Waals surface area (Å²) in [6.07, 6.45) is 1.81. The molecule has 0 aromatic heterocycles. The molecule has 0 radical (unpaired) electrons. The predicted octanol–water partition coefficient (Wildman–Crippen LogP) is 7.75. The van der Waals surface area contributed by atoms with E-state index in [0.29, 0.717) is 43.7 Å². The SMILES string of the molecule is CCOC(=O)c1ccc(N=C2S/C(=C\c3ccc(OCc4ccc(Cl)cc4Cl)c(Br)c3)C(=O)N2C)cc1. The van der Waals surface area contributed by atoms with Crippen molar-refractivity contribution >= 4 is 79.7 Å². The highest BCUT2D eigenvalue weighted by Crippen LogP contribution is 2.35. The molecule has 1 fully saturated rings. The Morgan fingerprint density at radius 3 is 2.54 bits per heavy atom. The molecule has 1 heterocycles. The molecule has 1 aliphatic rings. The minimum absolute atomic E-state index is 0.152. The number of amidine groups is 1. The minimum Gasteiger partial charge on any atom is -0.488 e. The number of benzene rings is 3. The number of esters is 1. The molecule has 4 rings (SSSR count). The standard InChI is InChI=1S/C27H21BrCl2N2O4S/c1-3-35-26(34)17-6-9-20(10-7-17)31-27-32(2)25(33)24(37-27)13-16-4-11-23(21(28)12-16)36-15-18-5-8-19(29)14-22(18)30/h4-14H,3,15H2,1-2H3/b24-13-,31-27?. The molecule has 0 spiro atoms. The molecule has 0 N–H and O–H groups in total. The van der Waals surface area contributed by atoms with Gasteiger partial charge in [0.25, 0.3) is 5.91 Å². The highest BCUT2D eigenvalue weighted by molar-refractivity contribution is 9.10. The zero-order valence-electron chi connectivity index (χ0n) is 19.8. The third-order valence-corrected chi connectivity index (χ3v) is 7.53. The van der Waals surface area contributed by atoms with Gasteiger partial charge in [-0.1, -0.05) is 35.3 Å². The van der Waals surface area contributed by atoms with Crippen LogP contribution in [-0.4, -0.2) is 35.6 Å². The quantitative estimate of drug-likeness (QED) is 0.200. The Morgan fingerprint density at radius 1 is 1.11 bits per heavy atom. The van der Waals surface area contributed by atoms with E-state index in [1.165, 1.54) is 16.7 Å². The lowest BCUT2D eigenvalue weighted by molar-refractivity contribution is -0.121. The average molecular weight is 620 g/mol. The maximum Gasteiger partial charge on any atom is 0.338 e. The molecule has 190 valence electrons. The van der Waals surface area contributed by atoms with Crippen LogP contribution in [0.25, 0.3) is 6.08 Å². The van der Waals surface area contributed by atoms with Crippen LogP contribution in [0.5, 0.6) is 5.75 Å². The van der Waals surface area contributed by atoms with Crippen molar-refractivity contribution in [3.8, 4) is 5.75 Å². The van der Waals surface area contributed by atoms with Gasteiger partial charge in [-0.2, -0.15) is 0 Å². The Balaban J connectivity index is 1.46. The Bertz CT molecular complexity index is 1410. The van der Waals surface area contributed by atoms with Crippen molar-refractivity contribution < 1.29 is 19.1 Å². The number of rotatable bonds is 7. The van der Waals surface area contributed by atoms with Crippen LogP contribution in [0.3, 0.4) is 0 Å². The summed E-state index contributed by atoms with van der Waals surface area (Å²) in [5, 5.41) is 1.65. The van der Waals surface area contributed by atoms with E-state index < -0.39 is 0 Å². The van der Waals surface area contributed by atoms with Gasteiger partial charge in [0.05, 0.1) is 27.2 Å². The number of nitrogens with zero attached hydrogens (tertiary/aromatic N) is 2. The Morgan fingerprint density at radius 2 is 1.86 bits per heavy atom. The fraction of sp³-hybridized carbons (Fsp3) is 0.148. The molecule has 3 aromatic carbocycles. The molecule has 1 amide bonds. The zero-order valence-corrected chi connectivity index (χ0v) is 23.7. The Labute approximate surface area is 237 Å². The topological polar surface area (TPSA) is 68.2 Å². The normalized spacial score (nSPS) is 15.5. The number of hydrogen-bond donors (Lipinski definition) is 0. The van der Waals surface area contributed by atoms with E-state index in [0.717, 1.165) is 15.6 Å². The summed E-state index contributed by atoms with van der Waals surface area (Å²) in [6.45, 7) is 2.36. The second-order valence-corrected chi connectivity index (χ2v) is 10.6. The van der Waals surface area contributed by atoms with Gasteiger partial charge >= 0.3 is 5.97 Å². The first-order chi connectivity index (χ1) is 17.7. The van der Waals surface area contributed by atoms with Gasteiger partial charge in [-0.3, -0.25) is 9.69 Å². The van der Waals surface area contributed by atoms with Crippen molar-refractivity contribution in [1.29, 1.82) is 0 Å². The maximum absolute atomic E-state index is 12.8. The van der Waals surface area contributed by atoms with Gasteiger partial charge in [0.2, 0.25) is 0 Å². The van der Waals surface area contributed by atoms with Gasteiger partial charge in [0.15, 0.2) is 5.17 Å². The second-order valence-electron chi connectivity index (χ2n) is 7.85. The third kappa shape index (κ3) is 6.76. The second kappa shape index (κ2) is 12.2. The molecule has 6 nitrogen and oxygen atoms in total. The highest BCUT2D eigenvalue weighted by atomic mass is 79.9. The fourth-order valence-electron chi connectivity index (χ4n) is 3.32. The van der Waals surface area contributed by atoms with Gasteiger partial charge < -0.3 is 9.47 Å². The first-order valence-corrected chi connectivity index (χ1v) is 13.5. The number of aliphatic imine (C=N–C) groups is 1. The fourth-order valence-corrected chi connectivity index (χ4v) is 5.28. The van der Waals surface area contributed by atoms with Crippen LogP contribution >= 0.6 is 50.9 Å². The number of ether oxygens (including phenoxy) is 2. The number of carbonyl (C=O) groups excluding carboxylic acids is 2. The Hall–Kier alpha value is -2.78. The van der Waals surface area contributed by atoms with Crippen molar-refractivity contribution in [3.05, 3.63) is 96.8 Å².